The molecule has 5 nitrogen and oxygen atoms in total. The Morgan fingerprint density at radius 1 is 1.50 bits per heavy atom. The third-order valence-corrected chi connectivity index (χ3v) is 2.58. The van der Waals surface area contributed by atoms with E-state index >= 15 is 0 Å². The van der Waals surface area contributed by atoms with Crippen LogP contribution in [0.2, 0.25) is 0 Å². The van der Waals surface area contributed by atoms with Crippen molar-refractivity contribution >= 4 is 5.97 Å². The van der Waals surface area contributed by atoms with Gasteiger partial charge in [0.05, 0.1) is 0 Å². The topological polar surface area (TPSA) is 64.4 Å². The van der Waals surface area contributed by atoms with Gasteiger partial charge in [0.15, 0.2) is 0 Å². The summed E-state index contributed by atoms with van der Waals surface area (Å²) >= 11 is 0. The molecule has 0 amide bonds. The number of nitrogens with zero attached hydrogens (tertiary/aromatic N) is 2. The lowest BCUT2D eigenvalue weighted by atomic mass is 10.1. The molecule has 2 rings (SSSR count). The molecule has 1 aromatic carbocycles. The van der Waals surface area contributed by atoms with Gasteiger partial charge in [0.2, 0.25) is 0 Å². The third-order valence-electron chi connectivity index (χ3n) is 2.58. The van der Waals surface area contributed by atoms with Gasteiger partial charge in [0.25, 0.3) is 0 Å². The fourth-order valence-electron chi connectivity index (χ4n) is 1.64. The van der Waals surface area contributed by atoms with E-state index in [4.69, 9.17) is 9.84 Å². The molecule has 1 N–H and O–H groups in total. The molecule has 0 aliphatic rings. The maximum atomic E-state index is 11.1. The highest BCUT2D eigenvalue weighted by Crippen LogP contribution is 2.25. The summed E-state index contributed by atoms with van der Waals surface area (Å²) in [5.74, 6) is -0.711. The highest BCUT2D eigenvalue weighted by molar-refractivity contribution is 5.91. The first kappa shape index (κ1) is 12.2. The van der Waals surface area contributed by atoms with Gasteiger partial charge in [-0.05, 0) is 26.0 Å². The van der Waals surface area contributed by atoms with Crippen LogP contribution < -0.4 is 4.74 Å². The fraction of sp³-hybridized carbons (Fsp3) is 0.231. The van der Waals surface area contributed by atoms with E-state index in [0.717, 1.165) is 5.56 Å². The van der Waals surface area contributed by atoms with Crippen LogP contribution in [0, 0.1) is 6.92 Å². The smallest absolute Gasteiger partial charge is 0.339 e. The van der Waals surface area contributed by atoms with Gasteiger partial charge in [-0.15, -0.1) is 0 Å². The van der Waals surface area contributed by atoms with Gasteiger partial charge in [0.1, 0.15) is 11.3 Å². The van der Waals surface area contributed by atoms with Crippen LogP contribution >= 0.6 is 0 Å². The number of carbonyl (C=O) groups is 1. The van der Waals surface area contributed by atoms with E-state index in [1.807, 2.05) is 13.8 Å². The second kappa shape index (κ2) is 4.91. The SMILES string of the molecule is CCn1ccnc1Oc1ccc(C)cc1C(=O)O. The average Bonchev–Trinajstić information content (AvgIpc) is 2.78. The Kier molecular flexibility index (Phi) is 3.32. The molecule has 0 unspecified atom stereocenters. The highest BCUT2D eigenvalue weighted by atomic mass is 16.5. The Balaban J connectivity index is 2.37. The molecule has 0 saturated heterocycles. The molecule has 2 aromatic rings. The third kappa shape index (κ3) is 2.34. The van der Waals surface area contributed by atoms with Crippen molar-refractivity contribution in [3.8, 4) is 11.8 Å². The van der Waals surface area contributed by atoms with E-state index in [-0.39, 0.29) is 5.56 Å². The predicted octanol–water partition coefficient (Wildman–Crippen LogP) is 2.70. The summed E-state index contributed by atoms with van der Waals surface area (Å²) in [6, 6.07) is 5.43. The van der Waals surface area contributed by atoms with Gasteiger partial charge in [-0.2, -0.15) is 0 Å². The van der Waals surface area contributed by atoms with Gasteiger partial charge in [-0.1, -0.05) is 11.6 Å². The molecule has 0 aliphatic heterocycles. The van der Waals surface area contributed by atoms with Crippen molar-refractivity contribution in [2.45, 2.75) is 20.4 Å². The minimum Gasteiger partial charge on any atom is -0.478 e. The van der Waals surface area contributed by atoms with Crippen LogP contribution in [-0.2, 0) is 6.54 Å². The number of aromatic carboxylic acids is 1. The number of carboxylic acids is 1. The minimum absolute atomic E-state index is 0.139. The molecule has 0 spiro atoms. The zero-order chi connectivity index (χ0) is 13.1. The molecule has 0 saturated carbocycles. The Labute approximate surface area is 105 Å². The number of benzene rings is 1. The van der Waals surface area contributed by atoms with Crippen LogP contribution in [0.3, 0.4) is 0 Å². The summed E-state index contributed by atoms with van der Waals surface area (Å²) in [5.41, 5.74) is 1.01. The van der Waals surface area contributed by atoms with Crippen molar-refractivity contribution in [2.75, 3.05) is 0 Å². The number of rotatable bonds is 4. The number of aromatic nitrogens is 2. The summed E-state index contributed by atoms with van der Waals surface area (Å²) in [6.07, 6.45) is 3.40. The first-order chi connectivity index (χ1) is 8.61. The van der Waals surface area contributed by atoms with E-state index < -0.39 is 5.97 Å². The van der Waals surface area contributed by atoms with E-state index in [0.29, 0.717) is 18.3 Å². The number of imidazole rings is 1. The number of aryl methyl sites for hydroxylation is 2. The summed E-state index contributed by atoms with van der Waals surface area (Å²) < 4.78 is 7.36. The maximum absolute atomic E-state index is 11.1. The van der Waals surface area contributed by atoms with E-state index in [1.165, 1.54) is 0 Å². The Bertz CT molecular complexity index is 575. The maximum Gasteiger partial charge on any atom is 0.339 e. The molecule has 18 heavy (non-hydrogen) atoms. The Hall–Kier alpha value is -2.30. The van der Waals surface area contributed by atoms with Crippen LogP contribution in [0.15, 0.2) is 30.6 Å². The van der Waals surface area contributed by atoms with Crippen LogP contribution in [0.5, 0.6) is 11.8 Å². The molecule has 1 aromatic heterocycles. The van der Waals surface area contributed by atoms with Crippen LogP contribution in [-0.4, -0.2) is 20.6 Å². The highest BCUT2D eigenvalue weighted by Gasteiger charge is 2.14. The van der Waals surface area contributed by atoms with Crippen molar-refractivity contribution in [1.82, 2.24) is 9.55 Å². The fourth-order valence-corrected chi connectivity index (χ4v) is 1.64. The molecule has 0 bridgehead atoms. The van der Waals surface area contributed by atoms with Gasteiger partial charge in [-0.3, -0.25) is 0 Å². The van der Waals surface area contributed by atoms with Crippen molar-refractivity contribution in [3.05, 3.63) is 41.7 Å². The predicted molar refractivity (Wildman–Crippen MR) is 66.1 cm³/mol. The number of hydrogen-bond donors (Lipinski definition) is 1. The van der Waals surface area contributed by atoms with Crippen molar-refractivity contribution < 1.29 is 14.6 Å². The van der Waals surface area contributed by atoms with Crippen LogP contribution in [0.4, 0.5) is 0 Å². The Morgan fingerprint density at radius 2 is 2.28 bits per heavy atom. The first-order valence-electron chi connectivity index (χ1n) is 5.64. The van der Waals surface area contributed by atoms with Crippen LogP contribution in [0.1, 0.15) is 22.8 Å². The molecular weight excluding hydrogens is 232 g/mol. The van der Waals surface area contributed by atoms with Crippen molar-refractivity contribution in [2.24, 2.45) is 0 Å². The van der Waals surface area contributed by atoms with Gasteiger partial charge in [0, 0.05) is 18.9 Å². The molecule has 1 heterocycles. The number of hydrogen-bond acceptors (Lipinski definition) is 3. The monoisotopic (exact) mass is 246 g/mol. The Morgan fingerprint density at radius 3 is 2.94 bits per heavy atom. The lowest BCUT2D eigenvalue weighted by molar-refractivity contribution is 0.0694. The average molecular weight is 246 g/mol. The zero-order valence-corrected chi connectivity index (χ0v) is 10.3. The van der Waals surface area contributed by atoms with Gasteiger partial charge in [-0.25, -0.2) is 9.78 Å². The molecular formula is C13H14N2O3. The molecule has 0 atom stereocenters. The number of carboxylic acid groups (broad SMARTS) is 1. The number of ether oxygens (including phenoxy) is 1. The van der Waals surface area contributed by atoms with Crippen LogP contribution in [0.25, 0.3) is 0 Å². The molecule has 5 heteroatoms. The van der Waals surface area contributed by atoms with Gasteiger partial charge >= 0.3 is 12.0 Å². The summed E-state index contributed by atoms with van der Waals surface area (Å²) in [4.78, 5) is 15.2. The first-order valence-corrected chi connectivity index (χ1v) is 5.64. The summed E-state index contributed by atoms with van der Waals surface area (Å²) in [5, 5.41) is 9.14. The van der Waals surface area contributed by atoms with E-state index in [2.05, 4.69) is 4.98 Å². The van der Waals surface area contributed by atoms with E-state index in [1.54, 1.807) is 35.2 Å². The second-order valence-corrected chi connectivity index (χ2v) is 3.90. The molecule has 0 radical (unpaired) electrons. The lowest BCUT2D eigenvalue weighted by Gasteiger charge is -2.09. The van der Waals surface area contributed by atoms with E-state index in [9.17, 15) is 4.79 Å². The standard InChI is InChI=1S/C13H14N2O3/c1-3-15-7-6-14-13(15)18-11-5-4-9(2)8-10(11)12(16)17/h4-8H,3H2,1-2H3,(H,16,17). The van der Waals surface area contributed by atoms with Crippen molar-refractivity contribution in [1.29, 1.82) is 0 Å². The lowest BCUT2D eigenvalue weighted by Crippen LogP contribution is -2.03. The second-order valence-electron chi connectivity index (χ2n) is 3.90. The zero-order valence-electron chi connectivity index (χ0n) is 10.3. The molecule has 0 fully saturated rings. The summed E-state index contributed by atoms with van der Waals surface area (Å²) in [6.45, 7) is 4.51. The largest absolute Gasteiger partial charge is 0.478 e. The van der Waals surface area contributed by atoms with Gasteiger partial charge < -0.3 is 14.4 Å². The normalized spacial score (nSPS) is 10.3. The minimum atomic E-state index is -1.01. The molecule has 94 valence electrons. The quantitative estimate of drug-likeness (QED) is 0.900. The van der Waals surface area contributed by atoms with Crippen molar-refractivity contribution in [3.63, 3.8) is 0 Å². The molecule has 0 aliphatic carbocycles. The summed E-state index contributed by atoms with van der Waals surface area (Å²) in [7, 11) is 0.